The number of esters is 1. The van der Waals surface area contributed by atoms with Gasteiger partial charge in [-0.05, 0) is 38.5 Å². The molecular weight excluding hydrogens is 304 g/mol. The van der Waals surface area contributed by atoms with Gasteiger partial charge in [0, 0.05) is 13.8 Å². The van der Waals surface area contributed by atoms with Gasteiger partial charge in [0.05, 0.1) is 0 Å². The number of carbonyl (C=O) groups is 2. The molecule has 0 rings (SSSR count). The Kier molecular flexibility index (Phi) is 20.5. The lowest BCUT2D eigenvalue weighted by molar-refractivity contribution is -0.147. The second-order valence-corrected chi connectivity index (χ2v) is 6.14. The van der Waals surface area contributed by atoms with E-state index in [-0.39, 0.29) is 12.1 Å². The van der Waals surface area contributed by atoms with Gasteiger partial charge < -0.3 is 9.84 Å². The molecular formula is C20H38O4. The standard InChI is InChI=1S/C18H34O2.C2H4O2/c1-4-6-8-9-10-11-12-13-14-16-18(15-7-5-2)20-17(3)19;1-2(3)4/h9-10,18H,4-8,11-16H2,1-3H3;1H3,(H,3,4). The molecule has 0 aromatic carbocycles. The van der Waals surface area contributed by atoms with Gasteiger partial charge in [-0.2, -0.15) is 0 Å². The van der Waals surface area contributed by atoms with Crippen LogP contribution in [0.2, 0.25) is 0 Å². The Morgan fingerprint density at radius 3 is 1.88 bits per heavy atom. The summed E-state index contributed by atoms with van der Waals surface area (Å²) in [6.45, 7) is 7.00. The summed E-state index contributed by atoms with van der Waals surface area (Å²) >= 11 is 0. The van der Waals surface area contributed by atoms with E-state index in [9.17, 15) is 4.79 Å². The molecule has 0 bridgehead atoms. The molecule has 0 spiro atoms. The van der Waals surface area contributed by atoms with E-state index in [4.69, 9.17) is 14.6 Å². The van der Waals surface area contributed by atoms with Crippen LogP contribution in [-0.4, -0.2) is 23.1 Å². The fraction of sp³-hybridized carbons (Fsp3) is 0.800. The van der Waals surface area contributed by atoms with Crippen LogP contribution in [0.25, 0.3) is 0 Å². The molecule has 1 N–H and O–H groups in total. The number of ether oxygens (including phenoxy) is 1. The van der Waals surface area contributed by atoms with Crippen LogP contribution in [0, 0.1) is 0 Å². The fourth-order valence-electron chi connectivity index (χ4n) is 2.30. The van der Waals surface area contributed by atoms with Crippen molar-refractivity contribution in [2.75, 3.05) is 0 Å². The number of rotatable bonds is 13. The van der Waals surface area contributed by atoms with E-state index >= 15 is 0 Å². The second-order valence-electron chi connectivity index (χ2n) is 6.14. The number of unbranched alkanes of at least 4 members (excludes halogenated alkanes) is 6. The second kappa shape index (κ2) is 19.7. The number of carboxylic acids is 1. The highest BCUT2D eigenvalue weighted by Crippen LogP contribution is 2.14. The van der Waals surface area contributed by atoms with Crippen molar-refractivity contribution in [3.8, 4) is 0 Å². The van der Waals surface area contributed by atoms with Crippen LogP contribution in [0.15, 0.2) is 12.2 Å². The fourth-order valence-corrected chi connectivity index (χ4v) is 2.30. The van der Waals surface area contributed by atoms with E-state index < -0.39 is 5.97 Å². The van der Waals surface area contributed by atoms with Crippen molar-refractivity contribution in [1.82, 2.24) is 0 Å². The Labute approximate surface area is 148 Å². The third kappa shape index (κ3) is 25.6. The molecule has 1 unspecified atom stereocenters. The molecule has 0 heterocycles. The highest BCUT2D eigenvalue weighted by Gasteiger charge is 2.10. The number of aliphatic carboxylic acids is 1. The van der Waals surface area contributed by atoms with Gasteiger partial charge in [0.2, 0.25) is 0 Å². The van der Waals surface area contributed by atoms with Gasteiger partial charge in [-0.15, -0.1) is 0 Å². The quantitative estimate of drug-likeness (QED) is 0.257. The van der Waals surface area contributed by atoms with Crippen LogP contribution in [0.1, 0.15) is 98.3 Å². The summed E-state index contributed by atoms with van der Waals surface area (Å²) in [6, 6.07) is 0. The first kappa shape index (κ1) is 24.9. The first-order valence-electron chi connectivity index (χ1n) is 9.45. The van der Waals surface area contributed by atoms with Gasteiger partial charge in [0.15, 0.2) is 0 Å². The molecule has 0 aromatic heterocycles. The van der Waals surface area contributed by atoms with Crippen LogP contribution in [0.5, 0.6) is 0 Å². The molecule has 24 heavy (non-hydrogen) atoms. The Morgan fingerprint density at radius 2 is 1.38 bits per heavy atom. The van der Waals surface area contributed by atoms with Gasteiger partial charge >= 0.3 is 5.97 Å². The third-order valence-electron chi connectivity index (χ3n) is 3.50. The molecule has 4 nitrogen and oxygen atoms in total. The van der Waals surface area contributed by atoms with Crippen molar-refractivity contribution in [1.29, 1.82) is 0 Å². The van der Waals surface area contributed by atoms with Gasteiger partial charge in [-0.1, -0.05) is 58.1 Å². The maximum absolute atomic E-state index is 11.0. The molecule has 0 fully saturated rings. The predicted octanol–water partition coefficient (Wildman–Crippen LogP) is 5.90. The number of carboxylic acid groups (broad SMARTS) is 1. The van der Waals surface area contributed by atoms with Crippen molar-refractivity contribution in [3.05, 3.63) is 12.2 Å². The van der Waals surface area contributed by atoms with E-state index in [0.29, 0.717) is 0 Å². The van der Waals surface area contributed by atoms with Gasteiger partial charge in [-0.25, -0.2) is 0 Å². The molecule has 0 aliphatic rings. The van der Waals surface area contributed by atoms with Crippen molar-refractivity contribution in [2.45, 2.75) is 104 Å². The Hall–Kier alpha value is -1.32. The zero-order valence-electron chi connectivity index (χ0n) is 16.2. The van der Waals surface area contributed by atoms with Crippen molar-refractivity contribution in [3.63, 3.8) is 0 Å². The largest absolute Gasteiger partial charge is 0.481 e. The summed E-state index contributed by atoms with van der Waals surface area (Å²) in [6.07, 6.45) is 17.8. The van der Waals surface area contributed by atoms with E-state index in [1.54, 1.807) is 0 Å². The lowest BCUT2D eigenvalue weighted by atomic mass is 10.0. The summed E-state index contributed by atoms with van der Waals surface area (Å²) in [5, 5.41) is 7.42. The van der Waals surface area contributed by atoms with E-state index in [0.717, 1.165) is 26.2 Å². The molecule has 1 atom stereocenters. The molecule has 0 aromatic rings. The Bertz CT molecular complexity index is 320. The van der Waals surface area contributed by atoms with Crippen LogP contribution in [-0.2, 0) is 14.3 Å². The topological polar surface area (TPSA) is 63.6 Å². The molecule has 0 aliphatic carbocycles. The van der Waals surface area contributed by atoms with Crippen LogP contribution >= 0.6 is 0 Å². The maximum Gasteiger partial charge on any atom is 0.302 e. The monoisotopic (exact) mass is 342 g/mol. The van der Waals surface area contributed by atoms with Gasteiger partial charge in [0.1, 0.15) is 6.10 Å². The molecule has 0 saturated carbocycles. The molecule has 4 heteroatoms. The maximum atomic E-state index is 11.0. The normalized spacial score (nSPS) is 11.7. The molecule has 0 saturated heterocycles. The van der Waals surface area contributed by atoms with E-state index in [1.165, 1.54) is 58.3 Å². The van der Waals surface area contributed by atoms with Crippen molar-refractivity contribution < 1.29 is 19.4 Å². The lowest BCUT2D eigenvalue weighted by Crippen LogP contribution is -2.16. The smallest absolute Gasteiger partial charge is 0.302 e. The lowest BCUT2D eigenvalue weighted by Gasteiger charge is -2.16. The Balaban J connectivity index is 0. The summed E-state index contributed by atoms with van der Waals surface area (Å²) in [7, 11) is 0. The summed E-state index contributed by atoms with van der Waals surface area (Å²) < 4.78 is 5.37. The van der Waals surface area contributed by atoms with E-state index in [1.807, 2.05) is 0 Å². The number of allylic oxidation sites excluding steroid dienone is 2. The van der Waals surface area contributed by atoms with E-state index in [2.05, 4.69) is 26.0 Å². The SMILES string of the molecule is CC(=O)O.CCCCC=CCCCCCC(CCCC)OC(C)=O. The minimum absolute atomic E-state index is 0.134. The average molecular weight is 343 g/mol. The number of hydrogen-bond donors (Lipinski definition) is 1. The van der Waals surface area contributed by atoms with Crippen LogP contribution in [0.3, 0.4) is 0 Å². The minimum atomic E-state index is -0.833. The van der Waals surface area contributed by atoms with Crippen molar-refractivity contribution >= 4 is 11.9 Å². The molecule has 0 amide bonds. The van der Waals surface area contributed by atoms with Gasteiger partial charge in [-0.3, -0.25) is 9.59 Å². The summed E-state index contributed by atoms with van der Waals surface area (Å²) in [5.41, 5.74) is 0. The molecule has 0 radical (unpaired) electrons. The average Bonchev–Trinajstić information content (AvgIpc) is 2.49. The Morgan fingerprint density at radius 1 is 0.875 bits per heavy atom. The van der Waals surface area contributed by atoms with Crippen LogP contribution < -0.4 is 0 Å². The zero-order chi connectivity index (χ0) is 18.6. The summed E-state index contributed by atoms with van der Waals surface area (Å²) in [5.74, 6) is -0.968. The molecule has 0 aliphatic heterocycles. The molecule has 142 valence electrons. The first-order valence-corrected chi connectivity index (χ1v) is 9.45. The highest BCUT2D eigenvalue weighted by atomic mass is 16.5. The highest BCUT2D eigenvalue weighted by molar-refractivity contribution is 5.66. The zero-order valence-corrected chi connectivity index (χ0v) is 16.2. The van der Waals surface area contributed by atoms with Crippen molar-refractivity contribution in [2.24, 2.45) is 0 Å². The third-order valence-corrected chi connectivity index (χ3v) is 3.50. The first-order chi connectivity index (χ1) is 11.4. The number of carbonyl (C=O) groups excluding carboxylic acids is 1. The number of hydrogen-bond acceptors (Lipinski definition) is 3. The van der Waals surface area contributed by atoms with Gasteiger partial charge in [0.25, 0.3) is 5.97 Å². The predicted molar refractivity (Wildman–Crippen MR) is 100 cm³/mol. The van der Waals surface area contributed by atoms with Crippen LogP contribution in [0.4, 0.5) is 0 Å². The summed E-state index contributed by atoms with van der Waals surface area (Å²) in [4.78, 5) is 20.0. The minimum Gasteiger partial charge on any atom is -0.481 e.